The maximum absolute atomic E-state index is 12.8. The van der Waals surface area contributed by atoms with Gasteiger partial charge in [0.05, 0.1) is 9.79 Å². The highest BCUT2D eigenvalue weighted by atomic mass is 32.2. The average molecular weight is 426 g/mol. The number of hydrogen-bond acceptors (Lipinski definition) is 8. The van der Waals surface area contributed by atoms with Crippen molar-refractivity contribution < 1.29 is 37.6 Å². The van der Waals surface area contributed by atoms with Gasteiger partial charge in [-0.05, 0) is 62.4 Å². The van der Waals surface area contributed by atoms with E-state index < -0.39 is 22.4 Å². The van der Waals surface area contributed by atoms with Crippen molar-refractivity contribution in [1.29, 1.82) is 0 Å². The second-order valence-corrected chi connectivity index (χ2v) is 7.84. The third-order valence-electron chi connectivity index (χ3n) is 3.77. The fourth-order valence-electron chi connectivity index (χ4n) is 2.38. The van der Waals surface area contributed by atoms with Crippen molar-refractivity contribution in [3.05, 3.63) is 48.5 Å². The Hall–Kier alpha value is -2.17. The molecule has 0 heterocycles. The van der Waals surface area contributed by atoms with E-state index in [2.05, 4.69) is 0 Å². The molecule has 0 amide bonds. The zero-order valence-electron chi connectivity index (χ0n) is 16.4. The first-order chi connectivity index (χ1) is 13.9. The molecular weight excluding hydrogens is 400 g/mol. The van der Waals surface area contributed by atoms with Gasteiger partial charge in [0.2, 0.25) is 9.84 Å². The van der Waals surface area contributed by atoms with E-state index in [4.69, 9.17) is 18.9 Å². The summed E-state index contributed by atoms with van der Waals surface area (Å²) < 4.78 is 46.1. The van der Waals surface area contributed by atoms with Crippen LogP contribution >= 0.6 is 0 Å². The van der Waals surface area contributed by atoms with Gasteiger partial charge in [0.15, 0.2) is 12.6 Å². The molecule has 9 heteroatoms. The molecule has 2 rings (SSSR count). The summed E-state index contributed by atoms with van der Waals surface area (Å²) in [6, 6.07) is 11.8. The van der Waals surface area contributed by atoms with E-state index in [9.17, 15) is 18.6 Å². The van der Waals surface area contributed by atoms with Crippen LogP contribution in [0.5, 0.6) is 11.5 Å². The number of ether oxygens (including phenoxy) is 4. The van der Waals surface area contributed by atoms with Crippen LogP contribution in [0.3, 0.4) is 0 Å². The SMILES string of the molecule is CCOC(O)COc1ccc(S(=O)(=O)c2ccc(OCC(O)OCC)cc2)cc1. The summed E-state index contributed by atoms with van der Waals surface area (Å²) in [6.45, 7) is 4.12. The maximum atomic E-state index is 12.8. The lowest BCUT2D eigenvalue weighted by molar-refractivity contribution is -0.115. The van der Waals surface area contributed by atoms with Gasteiger partial charge in [0, 0.05) is 13.2 Å². The second-order valence-electron chi connectivity index (χ2n) is 5.89. The van der Waals surface area contributed by atoms with Gasteiger partial charge < -0.3 is 29.2 Å². The highest BCUT2D eigenvalue weighted by molar-refractivity contribution is 7.91. The molecule has 2 atom stereocenters. The predicted octanol–water partition coefficient (Wildman–Crippen LogP) is 1.99. The van der Waals surface area contributed by atoms with Crippen molar-refractivity contribution in [2.45, 2.75) is 36.2 Å². The second kappa shape index (κ2) is 11.1. The lowest BCUT2D eigenvalue weighted by Crippen LogP contribution is -2.20. The van der Waals surface area contributed by atoms with Crippen LogP contribution < -0.4 is 9.47 Å². The van der Waals surface area contributed by atoms with E-state index in [-0.39, 0.29) is 23.0 Å². The Morgan fingerprint density at radius 1 is 0.724 bits per heavy atom. The molecule has 0 radical (unpaired) electrons. The van der Waals surface area contributed by atoms with Gasteiger partial charge in [-0.15, -0.1) is 0 Å². The normalized spacial score (nSPS) is 13.7. The van der Waals surface area contributed by atoms with E-state index in [0.717, 1.165) is 0 Å². The van der Waals surface area contributed by atoms with E-state index in [1.807, 2.05) is 0 Å². The molecule has 0 aliphatic heterocycles. The van der Waals surface area contributed by atoms with Crippen molar-refractivity contribution in [1.82, 2.24) is 0 Å². The smallest absolute Gasteiger partial charge is 0.206 e. The zero-order valence-corrected chi connectivity index (χ0v) is 17.2. The lowest BCUT2D eigenvalue weighted by atomic mass is 10.3. The molecule has 2 N–H and O–H groups in total. The van der Waals surface area contributed by atoms with Crippen molar-refractivity contribution in [3.8, 4) is 11.5 Å². The highest BCUT2D eigenvalue weighted by Crippen LogP contribution is 2.25. The molecule has 0 aliphatic carbocycles. The van der Waals surface area contributed by atoms with Crippen LogP contribution in [0.15, 0.2) is 58.3 Å². The number of aliphatic hydroxyl groups is 2. The standard InChI is InChI=1S/C20H26O8S/c1-3-25-19(21)13-27-15-5-9-17(10-6-15)29(23,24)18-11-7-16(8-12-18)28-14-20(22)26-4-2/h5-12,19-22H,3-4,13-14H2,1-2H3. The topological polar surface area (TPSA) is 112 Å². The molecule has 0 fully saturated rings. The minimum Gasteiger partial charge on any atom is -0.488 e. The molecule has 0 aliphatic rings. The molecule has 29 heavy (non-hydrogen) atoms. The van der Waals surface area contributed by atoms with Crippen LogP contribution in [0.1, 0.15) is 13.8 Å². The van der Waals surface area contributed by atoms with E-state index in [1.165, 1.54) is 48.5 Å². The summed E-state index contributed by atoms with van der Waals surface area (Å²) in [7, 11) is -3.71. The Kier molecular flexibility index (Phi) is 8.87. The largest absolute Gasteiger partial charge is 0.488 e. The molecule has 8 nitrogen and oxygen atoms in total. The molecule has 0 saturated heterocycles. The summed E-state index contributed by atoms with van der Waals surface area (Å²) in [5.74, 6) is 0.832. The van der Waals surface area contributed by atoms with Crippen LogP contribution in [-0.4, -0.2) is 57.6 Å². The first-order valence-electron chi connectivity index (χ1n) is 9.17. The molecule has 160 valence electrons. The number of rotatable bonds is 12. The van der Waals surface area contributed by atoms with Gasteiger partial charge in [0.1, 0.15) is 24.7 Å². The fraction of sp³-hybridized carbons (Fsp3) is 0.400. The van der Waals surface area contributed by atoms with Gasteiger partial charge in [-0.2, -0.15) is 0 Å². The van der Waals surface area contributed by atoms with Crippen LogP contribution in [0.25, 0.3) is 0 Å². The van der Waals surface area contributed by atoms with Gasteiger partial charge in [0.25, 0.3) is 0 Å². The van der Waals surface area contributed by atoms with E-state index in [1.54, 1.807) is 13.8 Å². The van der Waals surface area contributed by atoms with E-state index >= 15 is 0 Å². The highest BCUT2D eigenvalue weighted by Gasteiger charge is 2.18. The quantitative estimate of drug-likeness (QED) is 0.496. The summed E-state index contributed by atoms with van der Waals surface area (Å²) in [4.78, 5) is 0.214. The van der Waals surface area contributed by atoms with Crippen LogP contribution in [0, 0.1) is 0 Å². The number of benzene rings is 2. The van der Waals surface area contributed by atoms with Crippen LogP contribution in [-0.2, 0) is 19.3 Å². The first kappa shape index (κ1) is 23.1. The fourth-order valence-corrected chi connectivity index (χ4v) is 3.64. The third kappa shape index (κ3) is 6.98. The van der Waals surface area contributed by atoms with Crippen LogP contribution in [0.2, 0.25) is 0 Å². The Balaban J connectivity index is 2.00. The van der Waals surface area contributed by atoms with Crippen molar-refractivity contribution >= 4 is 9.84 Å². The Labute approximate surface area is 170 Å². The van der Waals surface area contributed by atoms with Gasteiger partial charge in [-0.1, -0.05) is 0 Å². The van der Waals surface area contributed by atoms with E-state index in [0.29, 0.717) is 24.7 Å². The van der Waals surface area contributed by atoms with Gasteiger partial charge in [-0.25, -0.2) is 8.42 Å². The third-order valence-corrected chi connectivity index (χ3v) is 5.56. The number of aliphatic hydroxyl groups excluding tert-OH is 2. The van der Waals surface area contributed by atoms with Crippen molar-refractivity contribution in [3.63, 3.8) is 0 Å². The Morgan fingerprint density at radius 3 is 1.38 bits per heavy atom. The number of sulfone groups is 1. The molecule has 2 aromatic rings. The lowest BCUT2D eigenvalue weighted by Gasteiger charge is -2.13. The van der Waals surface area contributed by atoms with Crippen molar-refractivity contribution in [2.75, 3.05) is 26.4 Å². The zero-order chi connectivity index (χ0) is 21.3. The average Bonchev–Trinajstić information content (AvgIpc) is 2.72. The molecule has 0 aromatic heterocycles. The minimum absolute atomic E-state index is 0.0562. The molecule has 2 aromatic carbocycles. The molecule has 0 saturated carbocycles. The van der Waals surface area contributed by atoms with Crippen molar-refractivity contribution in [2.24, 2.45) is 0 Å². The predicted molar refractivity (Wildman–Crippen MR) is 105 cm³/mol. The summed E-state index contributed by atoms with van der Waals surface area (Å²) >= 11 is 0. The summed E-state index contributed by atoms with van der Waals surface area (Å²) in [5, 5.41) is 19.0. The summed E-state index contributed by atoms with van der Waals surface area (Å²) in [6.07, 6.45) is -2.09. The molecule has 0 bridgehead atoms. The summed E-state index contributed by atoms with van der Waals surface area (Å²) in [5.41, 5.74) is 0. The minimum atomic E-state index is -3.71. The molecule has 0 spiro atoms. The Bertz CT molecular complexity index is 768. The van der Waals surface area contributed by atoms with Crippen LogP contribution in [0.4, 0.5) is 0 Å². The first-order valence-corrected chi connectivity index (χ1v) is 10.6. The monoisotopic (exact) mass is 426 g/mol. The van der Waals surface area contributed by atoms with Gasteiger partial charge in [-0.3, -0.25) is 0 Å². The number of hydrogen-bond donors (Lipinski definition) is 2. The molecular formula is C20H26O8S. The Morgan fingerprint density at radius 2 is 1.07 bits per heavy atom. The molecule has 2 unspecified atom stereocenters. The maximum Gasteiger partial charge on any atom is 0.206 e. The van der Waals surface area contributed by atoms with Gasteiger partial charge >= 0.3 is 0 Å².